The Morgan fingerprint density at radius 1 is 1.33 bits per heavy atom. The van der Waals surface area contributed by atoms with Crippen molar-refractivity contribution in [1.82, 2.24) is 4.90 Å². The van der Waals surface area contributed by atoms with E-state index in [0.717, 1.165) is 12.3 Å². The van der Waals surface area contributed by atoms with E-state index in [2.05, 4.69) is 0 Å². The predicted octanol–water partition coefficient (Wildman–Crippen LogP) is 2.85. The lowest BCUT2D eigenvalue weighted by molar-refractivity contribution is 0.112. The zero-order valence-corrected chi connectivity index (χ0v) is 12.2. The van der Waals surface area contributed by atoms with Gasteiger partial charge in [-0.25, -0.2) is 4.57 Å². The third-order valence-corrected chi connectivity index (χ3v) is 5.46. The predicted molar refractivity (Wildman–Crippen MR) is 66.5 cm³/mol. The molecule has 0 aromatic rings. The van der Waals surface area contributed by atoms with Crippen LogP contribution in [0.1, 0.15) is 20.8 Å². The quantitative estimate of drug-likeness (QED) is 0.682. The molecule has 4 nitrogen and oxygen atoms in total. The fourth-order valence-electron chi connectivity index (χ4n) is 0.787. The van der Waals surface area contributed by atoms with Crippen LogP contribution in [0.15, 0.2) is 0 Å². The Kier molecular flexibility index (Phi) is 6.45. The summed E-state index contributed by atoms with van der Waals surface area (Å²) in [6.07, 6.45) is 0. The molecule has 1 unspecified atom stereocenters. The summed E-state index contributed by atoms with van der Waals surface area (Å²) in [7, 11) is 5.38. The van der Waals surface area contributed by atoms with E-state index in [1.165, 1.54) is 18.5 Å². The molecule has 0 aliphatic carbocycles. The second-order valence-electron chi connectivity index (χ2n) is 4.47. The van der Waals surface area contributed by atoms with Crippen LogP contribution < -0.4 is 0 Å². The van der Waals surface area contributed by atoms with Crippen molar-refractivity contribution in [1.29, 1.82) is 0 Å². The second kappa shape index (κ2) is 6.26. The number of nitrogens with zero attached hydrogens (tertiary/aromatic N) is 1. The van der Waals surface area contributed by atoms with Gasteiger partial charge in [-0.3, -0.25) is 4.52 Å². The minimum absolute atomic E-state index is 0.448. The van der Waals surface area contributed by atoms with Crippen molar-refractivity contribution in [2.45, 2.75) is 26.4 Å². The molecule has 0 aromatic carbocycles. The Hall–Kier alpha value is 0.460. The number of hydrogen-bond acceptors (Lipinski definition) is 5. The highest BCUT2D eigenvalue weighted by molar-refractivity contribution is 8.55. The highest BCUT2D eigenvalue weighted by Gasteiger charge is 2.30. The summed E-state index contributed by atoms with van der Waals surface area (Å²) in [5, 5.41) is 0. The van der Waals surface area contributed by atoms with Crippen LogP contribution in [0.3, 0.4) is 0 Å². The molecule has 0 rings (SSSR count). The Morgan fingerprint density at radius 3 is 2.20 bits per heavy atom. The molecule has 1 atom stereocenters. The lowest BCUT2D eigenvalue weighted by atomic mass is 10.2. The van der Waals surface area contributed by atoms with Gasteiger partial charge in [0.2, 0.25) is 0 Å². The van der Waals surface area contributed by atoms with Crippen LogP contribution in [0.2, 0.25) is 0 Å². The third kappa shape index (κ3) is 8.29. The van der Waals surface area contributed by atoms with Gasteiger partial charge in [0.25, 0.3) is 0 Å². The molecule has 0 bridgehead atoms. The van der Waals surface area contributed by atoms with Gasteiger partial charge in [0.15, 0.2) is 0 Å². The van der Waals surface area contributed by atoms with Gasteiger partial charge in [-0.15, -0.1) is 0 Å². The third-order valence-electron chi connectivity index (χ3n) is 1.40. The number of hydrogen-bond donors (Lipinski definition) is 0. The lowest BCUT2D eigenvalue weighted by Gasteiger charge is -2.25. The first-order chi connectivity index (χ1) is 6.68. The zero-order chi connectivity index (χ0) is 12.1. The van der Waals surface area contributed by atoms with E-state index in [0.29, 0.717) is 0 Å². The van der Waals surface area contributed by atoms with Crippen LogP contribution in [0.4, 0.5) is 0 Å². The van der Waals surface area contributed by atoms with Gasteiger partial charge in [-0.2, -0.15) is 0 Å². The van der Waals surface area contributed by atoms with Crippen LogP contribution in [-0.2, 0) is 13.6 Å². The summed E-state index contributed by atoms with van der Waals surface area (Å²) in [6, 6.07) is 0. The molecule has 0 aliphatic heterocycles. The topological polar surface area (TPSA) is 38.8 Å². The molecule has 15 heavy (non-hydrogen) atoms. The Morgan fingerprint density at radius 2 is 1.87 bits per heavy atom. The smallest absolute Gasteiger partial charge is 0.309 e. The van der Waals surface area contributed by atoms with Crippen molar-refractivity contribution in [3.63, 3.8) is 0 Å². The lowest BCUT2D eigenvalue weighted by Crippen LogP contribution is -2.18. The standard InChI is InChI=1S/C9H22NO3PS/c1-9(2,3)13-14(11,12-6)15-8-7-10(4)5/h7-8H2,1-6H3. The Bertz CT molecular complexity index is 228. The van der Waals surface area contributed by atoms with E-state index in [4.69, 9.17) is 9.05 Å². The monoisotopic (exact) mass is 255 g/mol. The summed E-state index contributed by atoms with van der Waals surface area (Å²) < 4.78 is 22.5. The number of rotatable bonds is 6. The van der Waals surface area contributed by atoms with Gasteiger partial charge >= 0.3 is 6.80 Å². The van der Waals surface area contributed by atoms with Crippen molar-refractivity contribution in [2.24, 2.45) is 0 Å². The molecule has 6 heteroatoms. The first-order valence-corrected chi connectivity index (χ1v) is 7.98. The normalized spacial score (nSPS) is 16.7. The zero-order valence-electron chi connectivity index (χ0n) is 10.4. The molecule has 0 heterocycles. The van der Waals surface area contributed by atoms with Crippen LogP contribution in [0.5, 0.6) is 0 Å². The average molecular weight is 255 g/mol. The van der Waals surface area contributed by atoms with Gasteiger partial charge in [-0.05, 0) is 46.2 Å². The van der Waals surface area contributed by atoms with Crippen molar-refractivity contribution < 1.29 is 13.6 Å². The van der Waals surface area contributed by atoms with Gasteiger partial charge in [-0.1, -0.05) is 0 Å². The molecule has 0 aliphatic rings. The van der Waals surface area contributed by atoms with E-state index in [1.54, 1.807) is 0 Å². The Labute approximate surface area is 97.0 Å². The largest absolute Gasteiger partial charge is 0.389 e. The molecular formula is C9H22NO3PS. The minimum Gasteiger partial charge on any atom is -0.309 e. The fourth-order valence-corrected chi connectivity index (χ4v) is 4.42. The van der Waals surface area contributed by atoms with Crippen LogP contribution in [0.25, 0.3) is 0 Å². The van der Waals surface area contributed by atoms with E-state index in [-0.39, 0.29) is 0 Å². The second-order valence-corrected chi connectivity index (χ2v) is 8.69. The molecule has 0 N–H and O–H groups in total. The minimum atomic E-state index is -2.99. The summed E-state index contributed by atoms with van der Waals surface area (Å²) in [6.45, 7) is 3.46. The summed E-state index contributed by atoms with van der Waals surface area (Å²) in [5.41, 5.74) is -0.448. The summed E-state index contributed by atoms with van der Waals surface area (Å²) >= 11 is 1.25. The molecule has 0 saturated carbocycles. The van der Waals surface area contributed by atoms with Crippen molar-refractivity contribution >= 4 is 18.2 Å². The fraction of sp³-hybridized carbons (Fsp3) is 1.00. The van der Waals surface area contributed by atoms with Gasteiger partial charge in [0.05, 0.1) is 5.60 Å². The summed E-state index contributed by atoms with van der Waals surface area (Å²) in [4.78, 5) is 2.03. The van der Waals surface area contributed by atoms with Gasteiger partial charge < -0.3 is 9.42 Å². The molecule has 0 aromatic heterocycles. The molecular weight excluding hydrogens is 233 g/mol. The summed E-state index contributed by atoms with van der Waals surface area (Å²) in [5.74, 6) is 0.730. The average Bonchev–Trinajstić information content (AvgIpc) is 2.00. The van der Waals surface area contributed by atoms with Crippen LogP contribution >= 0.6 is 18.2 Å². The van der Waals surface area contributed by atoms with Gasteiger partial charge in [0, 0.05) is 19.4 Å². The molecule has 0 fully saturated rings. The highest BCUT2D eigenvalue weighted by atomic mass is 32.7. The maximum atomic E-state index is 12.1. The molecule has 0 saturated heterocycles. The van der Waals surface area contributed by atoms with E-state index >= 15 is 0 Å². The van der Waals surface area contributed by atoms with Crippen molar-refractivity contribution in [3.05, 3.63) is 0 Å². The molecule has 0 radical (unpaired) electrons. The molecule has 0 spiro atoms. The van der Waals surface area contributed by atoms with Crippen LogP contribution in [0, 0.1) is 0 Å². The van der Waals surface area contributed by atoms with E-state index < -0.39 is 12.4 Å². The maximum absolute atomic E-state index is 12.1. The molecule has 0 amide bonds. The Balaban J connectivity index is 4.15. The molecule has 92 valence electrons. The first-order valence-electron chi connectivity index (χ1n) is 4.84. The van der Waals surface area contributed by atoms with Crippen molar-refractivity contribution in [3.8, 4) is 0 Å². The van der Waals surface area contributed by atoms with Gasteiger partial charge in [0.1, 0.15) is 0 Å². The highest BCUT2D eigenvalue weighted by Crippen LogP contribution is 2.61. The van der Waals surface area contributed by atoms with E-state index in [9.17, 15) is 4.57 Å². The van der Waals surface area contributed by atoms with E-state index in [1.807, 2.05) is 39.8 Å². The maximum Gasteiger partial charge on any atom is 0.389 e. The van der Waals surface area contributed by atoms with Crippen molar-refractivity contribution in [2.75, 3.05) is 33.5 Å². The first kappa shape index (κ1) is 15.5. The van der Waals surface area contributed by atoms with Crippen LogP contribution in [-0.4, -0.2) is 44.0 Å². The SMILES string of the molecule is COP(=O)(OC(C)(C)C)SCCN(C)C.